The van der Waals surface area contributed by atoms with Gasteiger partial charge in [0, 0.05) is 34.8 Å². The number of carbonyl (C=O) groups excluding carboxylic acids is 1. The number of rotatable bonds is 8. The Morgan fingerprint density at radius 3 is 2.73 bits per heavy atom. The first kappa shape index (κ1) is 20.0. The highest BCUT2D eigenvalue weighted by Gasteiger charge is 2.23. The lowest BCUT2D eigenvalue weighted by molar-refractivity contribution is 0.0995. The molecule has 7 heteroatoms. The quantitative estimate of drug-likeness (QED) is 0.248. The van der Waals surface area contributed by atoms with E-state index in [2.05, 4.69) is 21.8 Å². The number of H-pyrrole nitrogens is 1. The molecule has 0 aliphatic heterocycles. The summed E-state index contributed by atoms with van der Waals surface area (Å²) >= 11 is 1.40. The monoisotopic (exact) mass is 418 g/mol. The summed E-state index contributed by atoms with van der Waals surface area (Å²) in [6, 6.07) is 15.5. The van der Waals surface area contributed by atoms with E-state index in [4.69, 9.17) is 4.74 Å². The number of ether oxygens (including phenoxy) is 1. The van der Waals surface area contributed by atoms with E-state index in [1.165, 1.54) is 11.8 Å². The van der Waals surface area contributed by atoms with Crippen molar-refractivity contribution in [3.8, 4) is 17.1 Å². The predicted molar refractivity (Wildman–Crippen MR) is 120 cm³/mol. The van der Waals surface area contributed by atoms with Crippen molar-refractivity contribution in [2.45, 2.75) is 23.9 Å². The molecule has 2 aromatic carbocycles. The number of nitrogens with zero attached hydrogens (tertiary/aromatic N) is 3. The van der Waals surface area contributed by atoms with Gasteiger partial charge in [-0.3, -0.25) is 9.36 Å². The van der Waals surface area contributed by atoms with Crippen LogP contribution in [0.1, 0.15) is 17.3 Å². The van der Waals surface area contributed by atoms with Crippen molar-refractivity contribution in [3.05, 3.63) is 72.9 Å². The lowest BCUT2D eigenvalue weighted by Gasteiger charge is -2.12. The number of allylic oxidation sites excluding steroid dienone is 1. The van der Waals surface area contributed by atoms with Crippen LogP contribution < -0.4 is 4.74 Å². The van der Waals surface area contributed by atoms with E-state index in [1.807, 2.05) is 60.0 Å². The fourth-order valence-electron chi connectivity index (χ4n) is 3.33. The lowest BCUT2D eigenvalue weighted by Crippen LogP contribution is -2.14. The second kappa shape index (κ2) is 8.59. The number of carbonyl (C=O) groups is 1. The number of benzene rings is 2. The molecule has 2 heterocycles. The van der Waals surface area contributed by atoms with Crippen LogP contribution in [-0.4, -0.2) is 37.9 Å². The molecule has 0 fully saturated rings. The van der Waals surface area contributed by atoms with Crippen molar-refractivity contribution in [2.24, 2.45) is 0 Å². The summed E-state index contributed by atoms with van der Waals surface area (Å²) in [5.41, 5.74) is 2.57. The molecule has 1 atom stereocenters. The maximum Gasteiger partial charge on any atom is 0.192 e. The van der Waals surface area contributed by atoms with Gasteiger partial charge in [-0.25, -0.2) is 0 Å². The first-order valence-corrected chi connectivity index (χ1v) is 10.5. The van der Waals surface area contributed by atoms with Gasteiger partial charge in [0.25, 0.3) is 0 Å². The zero-order valence-corrected chi connectivity index (χ0v) is 17.6. The molecular formula is C23H22N4O2S. The van der Waals surface area contributed by atoms with Crippen LogP contribution in [0.4, 0.5) is 0 Å². The van der Waals surface area contributed by atoms with Gasteiger partial charge in [-0.1, -0.05) is 36.0 Å². The van der Waals surface area contributed by atoms with Gasteiger partial charge in [0.05, 0.1) is 12.4 Å². The fourth-order valence-corrected chi connectivity index (χ4v) is 4.26. The Morgan fingerprint density at radius 2 is 2.00 bits per heavy atom. The molecule has 0 saturated carbocycles. The number of Topliss-reactive ketones (excluding diaryl/α,β-unsaturated/α-hetero) is 1. The number of aromatic amines is 1. The van der Waals surface area contributed by atoms with Crippen LogP contribution in [0.3, 0.4) is 0 Å². The van der Waals surface area contributed by atoms with Gasteiger partial charge < -0.3 is 9.72 Å². The number of thioether (sulfide) groups is 1. The number of para-hydroxylation sites is 1. The Labute approximate surface area is 179 Å². The molecule has 1 N–H and O–H groups in total. The van der Waals surface area contributed by atoms with Crippen LogP contribution in [0.5, 0.6) is 5.75 Å². The smallest absolute Gasteiger partial charge is 0.192 e. The summed E-state index contributed by atoms with van der Waals surface area (Å²) in [4.78, 5) is 16.3. The second-order valence-electron chi connectivity index (χ2n) is 6.81. The molecule has 0 radical (unpaired) electrons. The predicted octanol–water partition coefficient (Wildman–Crippen LogP) is 4.98. The summed E-state index contributed by atoms with van der Waals surface area (Å²) in [6.07, 6.45) is 3.58. The third kappa shape index (κ3) is 3.76. The zero-order chi connectivity index (χ0) is 21.1. The van der Waals surface area contributed by atoms with Crippen LogP contribution in [0.15, 0.2) is 72.5 Å². The highest BCUT2D eigenvalue weighted by Crippen LogP contribution is 2.30. The van der Waals surface area contributed by atoms with E-state index in [9.17, 15) is 4.79 Å². The summed E-state index contributed by atoms with van der Waals surface area (Å²) in [7, 11) is 1.63. The van der Waals surface area contributed by atoms with Crippen LogP contribution in [0.25, 0.3) is 22.3 Å². The largest absolute Gasteiger partial charge is 0.497 e. The van der Waals surface area contributed by atoms with Crippen molar-refractivity contribution >= 4 is 28.4 Å². The molecule has 0 bridgehead atoms. The van der Waals surface area contributed by atoms with E-state index < -0.39 is 0 Å². The number of ketones is 1. The Hall–Kier alpha value is -3.32. The van der Waals surface area contributed by atoms with Crippen molar-refractivity contribution in [1.29, 1.82) is 0 Å². The Kier molecular flexibility index (Phi) is 5.72. The lowest BCUT2D eigenvalue weighted by atomic mass is 10.1. The van der Waals surface area contributed by atoms with Crippen LogP contribution in [0.2, 0.25) is 0 Å². The number of hydrogen-bond acceptors (Lipinski definition) is 5. The van der Waals surface area contributed by atoms with Gasteiger partial charge in [0.2, 0.25) is 0 Å². The minimum absolute atomic E-state index is 0.0524. The molecule has 4 rings (SSSR count). The van der Waals surface area contributed by atoms with Crippen molar-refractivity contribution in [2.75, 3.05) is 7.11 Å². The molecule has 0 aliphatic rings. The topological polar surface area (TPSA) is 72.8 Å². The normalized spacial score (nSPS) is 12.1. The highest BCUT2D eigenvalue weighted by atomic mass is 32.2. The van der Waals surface area contributed by atoms with E-state index >= 15 is 0 Å². The third-order valence-corrected chi connectivity index (χ3v) is 5.96. The standard InChI is InChI=1S/C23H22N4O2S/c1-4-13-27-22(16-9-11-17(29-3)12-10-16)25-26-23(27)30-15(2)21(28)19-14-24-20-8-6-5-7-18(19)20/h4-12,14-15,24H,1,13H2,2-3H3/t15-/m0/s1. The number of methoxy groups -OCH3 is 1. The van der Waals surface area contributed by atoms with E-state index in [0.29, 0.717) is 17.3 Å². The Bertz CT molecular complexity index is 1190. The average molecular weight is 419 g/mol. The molecule has 2 aromatic heterocycles. The minimum Gasteiger partial charge on any atom is -0.497 e. The van der Waals surface area contributed by atoms with E-state index in [1.54, 1.807) is 19.4 Å². The van der Waals surface area contributed by atoms with Crippen LogP contribution in [0, 0.1) is 0 Å². The van der Waals surface area contributed by atoms with E-state index in [-0.39, 0.29) is 11.0 Å². The average Bonchev–Trinajstić information content (AvgIpc) is 3.38. The Morgan fingerprint density at radius 1 is 1.23 bits per heavy atom. The SMILES string of the molecule is C=CCn1c(S[C@@H](C)C(=O)c2c[nH]c3ccccc23)nnc1-c1ccc(OC)cc1. The van der Waals surface area contributed by atoms with Crippen molar-refractivity contribution in [3.63, 3.8) is 0 Å². The van der Waals surface area contributed by atoms with E-state index in [0.717, 1.165) is 28.0 Å². The number of fused-ring (bicyclic) bond motifs is 1. The number of aromatic nitrogens is 4. The molecule has 4 aromatic rings. The van der Waals surface area contributed by atoms with Gasteiger partial charge in [0.1, 0.15) is 5.75 Å². The maximum atomic E-state index is 13.1. The molecule has 0 spiro atoms. The fraction of sp³-hybridized carbons (Fsp3) is 0.174. The number of nitrogens with one attached hydrogen (secondary N) is 1. The van der Waals surface area contributed by atoms with Gasteiger partial charge in [0.15, 0.2) is 16.8 Å². The summed E-state index contributed by atoms with van der Waals surface area (Å²) in [6.45, 7) is 6.30. The van der Waals surface area contributed by atoms with Crippen molar-refractivity contribution < 1.29 is 9.53 Å². The second-order valence-corrected chi connectivity index (χ2v) is 8.11. The Balaban J connectivity index is 1.61. The highest BCUT2D eigenvalue weighted by molar-refractivity contribution is 8.00. The van der Waals surface area contributed by atoms with Crippen LogP contribution in [-0.2, 0) is 6.54 Å². The van der Waals surface area contributed by atoms with Gasteiger partial charge >= 0.3 is 0 Å². The minimum atomic E-state index is -0.319. The van der Waals surface area contributed by atoms with Gasteiger partial charge in [-0.15, -0.1) is 16.8 Å². The maximum absolute atomic E-state index is 13.1. The third-order valence-electron chi connectivity index (χ3n) is 4.88. The van der Waals surface area contributed by atoms with Gasteiger partial charge in [-0.2, -0.15) is 0 Å². The molecule has 6 nitrogen and oxygen atoms in total. The zero-order valence-electron chi connectivity index (χ0n) is 16.8. The molecular weight excluding hydrogens is 396 g/mol. The van der Waals surface area contributed by atoms with Crippen molar-refractivity contribution in [1.82, 2.24) is 19.7 Å². The first-order chi connectivity index (χ1) is 14.6. The summed E-state index contributed by atoms with van der Waals surface area (Å²) in [5.74, 6) is 1.56. The van der Waals surface area contributed by atoms with Gasteiger partial charge in [-0.05, 0) is 37.3 Å². The first-order valence-electron chi connectivity index (χ1n) is 9.58. The van der Waals surface area contributed by atoms with Crippen LogP contribution >= 0.6 is 11.8 Å². The molecule has 0 amide bonds. The molecule has 152 valence electrons. The summed E-state index contributed by atoms with van der Waals surface area (Å²) in [5, 5.41) is 10.0. The molecule has 0 saturated heterocycles. The molecule has 30 heavy (non-hydrogen) atoms. The molecule has 0 unspecified atom stereocenters. The summed E-state index contributed by atoms with van der Waals surface area (Å²) < 4.78 is 7.20. The molecule has 0 aliphatic carbocycles. The number of hydrogen-bond donors (Lipinski definition) is 1.